The Morgan fingerprint density at radius 1 is 1.19 bits per heavy atom. The number of anilines is 1. The van der Waals surface area contributed by atoms with E-state index in [4.69, 9.17) is 15.5 Å². The highest BCUT2D eigenvalue weighted by Gasteiger charge is 2.22. The molecule has 2 N–H and O–H groups in total. The molecule has 0 aliphatic heterocycles. The first kappa shape index (κ1) is 16.2. The van der Waals surface area contributed by atoms with Gasteiger partial charge in [-0.2, -0.15) is 0 Å². The number of aromatic nitrogens is 2. The van der Waals surface area contributed by atoms with Gasteiger partial charge in [-0.1, -0.05) is 44.2 Å². The van der Waals surface area contributed by atoms with Crippen molar-refractivity contribution in [2.75, 3.05) is 12.3 Å². The van der Waals surface area contributed by atoms with Crippen LogP contribution in [0.15, 0.2) is 30.3 Å². The molecular weight excluding hydrogens is 377 g/mol. The first-order valence-electron chi connectivity index (χ1n) is 7.04. The van der Waals surface area contributed by atoms with Crippen molar-refractivity contribution in [3.63, 3.8) is 0 Å². The van der Waals surface area contributed by atoms with Gasteiger partial charge in [0.1, 0.15) is 11.9 Å². The van der Waals surface area contributed by atoms with Gasteiger partial charge in [0.05, 0.1) is 9.26 Å². The maximum atomic E-state index is 6.08. The van der Waals surface area contributed by atoms with Crippen LogP contribution in [-0.2, 0) is 4.74 Å². The zero-order chi connectivity index (χ0) is 15.4. The van der Waals surface area contributed by atoms with E-state index in [2.05, 4.69) is 41.4 Å². The number of nitrogens with zero attached hydrogens (tertiary/aromatic N) is 2. The average molecular weight is 397 g/mol. The highest BCUT2D eigenvalue weighted by molar-refractivity contribution is 14.1. The third-order valence-electron chi connectivity index (χ3n) is 3.15. The smallest absolute Gasteiger partial charge is 0.160 e. The van der Waals surface area contributed by atoms with E-state index in [1.54, 1.807) is 0 Å². The molecule has 2 rings (SSSR count). The molecule has 5 heteroatoms. The normalized spacial score (nSPS) is 12.6. The first-order chi connectivity index (χ1) is 10.0. The summed E-state index contributed by atoms with van der Waals surface area (Å²) in [6.07, 6.45) is -0.142. The van der Waals surface area contributed by atoms with Gasteiger partial charge in [-0.25, -0.2) is 9.97 Å². The molecule has 0 saturated heterocycles. The third kappa shape index (κ3) is 3.71. The molecule has 1 aromatic heterocycles. The van der Waals surface area contributed by atoms with Crippen molar-refractivity contribution in [1.29, 1.82) is 0 Å². The van der Waals surface area contributed by atoms with Crippen LogP contribution in [-0.4, -0.2) is 16.6 Å². The van der Waals surface area contributed by atoms with Crippen LogP contribution in [0.1, 0.15) is 32.7 Å². The van der Waals surface area contributed by atoms with Crippen molar-refractivity contribution in [3.8, 4) is 11.3 Å². The van der Waals surface area contributed by atoms with Crippen LogP contribution < -0.4 is 5.73 Å². The van der Waals surface area contributed by atoms with Crippen molar-refractivity contribution in [3.05, 3.63) is 39.7 Å². The molecule has 1 aromatic carbocycles. The summed E-state index contributed by atoms with van der Waals surface area (Å²) in [5.74, 6) is 1.45. The molecule has 1 atom stereocenters. The van der Waals surface area contributed by atoms with Gasteiger partial charge in [0.2, 0.25) is 0 Å². The fraction of sp³-hybridized carbons (Fsp3) is 0.375. The summed E-state index contributed by atoms with van der Waals surface area (Å²) in [7, 11) is 0. The first-order valence-corrected chi connectivity index (χ1v) is 8.12. The molecule has 0 aliphatic carbocycles. The van der Waals surface area contributed by atoms with Gasteiger partial charge in [-0.15, -0.1) is 0 Å². The van der Waals surface area contributed by atoms with Crippen molar-refractivity contribution >= 4 is 28.4 Å². The zero-order valence-electron chi connectivity index (χ0n) is 12.5. The van der Waals surface area contributed by atoms with E-state index in [0.29, 0.717) is 18.2 Å². The molecule has 0 amide bonds. The topological polar surface area (TPSA) is 61.0 Å². The van der Waals surface area contributed by atoms with Crippen LogP contribution in [0.4, 0.5) is 5.82 Å². The molecule has 0 bridgehead atoms. The Morgan fingerprint density at radius 2 is 1.86 bits per heavy atom. The number of hydrogen-bond acceptors (Lipinski definition) is 4. The van der Waals surface area contributed by atoms with Crippen LogP contribution in [0, 0.1) is 9.49 Å². The number of ether oxygens (including phenoxy) is 1. The summed E-state index contributed by atoms with van der Waals surface area (Å²) >= 11 is 2.20. The fourth-order valence-corrected chi connectivity index (χ4v) is 2.69. The van der Waals surface area contributed by atoms with Crippen molar-refractivity contribution in [1.82, 2.24) is 9.97 Å². The largest absolute Gasteiger partial charge is 0.383 e. The second-order valence-electron chi connectivity index (χ2n) is 5.12. The van der Waals surface area contributed by atoms with Crippen LogP contribution in [0.5, 0.6) is 0 Å². The Hall–Kier alpha value is -1.21. The maximum Gasteiger partial charge on any atom is 0.160 e. The van der Waals surface area contributed by atoms with Gasteiger partial charge in [-0.3, -0.25) is 0 Å². The Bertz CT molecular complexity index is 602. The lowest BCUT2D eigenvalue weighted by molar-refractivity contribution is 0.0233. The molecule has 4 nitrogen and oxygen atoms in total. The summed E-state index contributed by atoms with van der Waals surface area (Å²) < 4.78 is 6.67. The quantitative estimate of drug-likeness (QED) is 0.773. The van der Waals surface area contributed by atoms with Gasteiger partial charge in [0, 0.05) is 12.2 Å². The van der Waals surface area contributed by atoms with E-state index in [1.165, 1.54) is 0 Å². The summed E-state index contributed by atoms with van der Waals surface area (Å²) in [5, 5.41) is 0. The Balaban J connectivity index is 2.52. The number of hydrogen-bond donors (Lipinski definition) is 1. The minimum Gasteiger partial charge on any atom is -0.383 e. The molecule has 0 spiro atoms. The molecule has 2 aromatic rings. The van der Waals surface area contributed by atoms with E-state index in [-0.39, 0.29) is 12.0 Å². The van der Waals surface area contributed by atoms with Crippen molar-refractivity contribution in [2.24, 2.45) is 5.92 Å². The Labute approximate surface area is 139 Å². The van der Waals surface area contributed by atoms with E-state index < -0.39 is 0 Å². The molecular formula is C16H20IN3O. The highest BCUT2D eigenvalue weighted by Crippen LogP contribution is 2.30. The monoisotopic (exact) mass is 397 g/mol. The van der Waals surface area contributed by atoms with Crippen LogP contribution in [0.2, 0.25) is 0 Å². The third-order valence-corrected chi connectivity index (χ3v) is 4.21. The fourth-order valence-electron chi connectivity index (χ4n) is 2.14. The molecule has 0 aliphatic rings. The van der Waals surface area contributed by atoms with Crippen LogP contribution >= 0.6 is 22.6 Å². The number of benzene rings is 1. The van der Waals surface area contributed by atoms with Crippen molar-refractivity contribution < 1.29 is 4.74 Å². The molecule has 0 fully saturated rings. The second-order valence-corrected chi connectivity index (χ2v) is 6.19. The average Bonchev–Trinajstić information content (AvgIpc) is 2.48. The van der Waals surface area contributed by atoms with Crippen LogP contribution in [0.3, 0.4) is 0 Å². The summed E-state index contributed by atoms with van der Waals surface area (Å²) in [4.78, 5) is 9.15. The lowest BCUT2D eigenvalue weighted by Crippen LogP contribution is -2.16. The van der Waals surface area contributed by atoms with E-state index in [0.717, 1.165) is 14.8 Å². The van der Waals surface area contributed by atoms with Gasteiger partial charge in [0.15, 0.2) is 5.82 Å². The zero-order valence-corrected chi connectivity index (χ0v) is 14.7. The van der Waals surface area contributed by atoms with E-state index in [9.17, 15) is 0 Å². The van der Waals surface area contributed by atoms with Crippen molar-refractivity contribution in [2.45, 2.75) is 26.9 Å². The maximum absolute atomic E-state index is 6.08. The Morgan fingerprint density at radius 3 is 2.43 bits per heavy atom. The molecule has 1 heterocycles. The predicted octanol–water partition coefficient (Wildman–Crippen LogP) is 4.06. The predicted molar refractivity (Wildman–Crippen MR) is 93.8 cm³/mol. The molecule has 21 heavy (non-hydrogen) atoms. The lowest BCUT2D eigenvalue weighted by atomic mass is 10.1. The minimum absolute atomic E-state index is 0.142. The second kappa shape index (κ2) is 7.17. The number of nitrogens with two attached hydrogens (primary N) is 1. The van der Waals surface area contributed by atoms with Gasteiger partial charge < -0.3 is 10.5 Å². The van der Waals surface area contributed by atoms with Gasteiger partial charge in [0.25, 0.3) is 0 Å². The van der Waals surface area contributed by atoms with E-state index in [1.807, 2.05) is 37.3 Å². The number of nitrogen functional groups attached to an aromatic ring is 1. The minimum atomic E-state index is -0.142. The highest BCUT2D eigenvalue weighted by atomic mass is 127. The standard InChI is InChI=1S/C16H20IN3O/c1-4-21-14(10(2)3)16-19-13(12(17)15(18)20-16)11-8-6-5-7-9-11/h5-10,14H,4H2,1-3H3,(H2,18,19,20). The summed E-state index contributed by atoms with van der Waals surface area (Å²) in [6, 6.07) is 10.0. The summed E-state index contributed by atoms with van der Waals surface area (Å²) in [6.45, 7) is 6.79. The number of halogens is 1. The van der Waals surface area contributed by atoms with E-state index >= 15 is 0 Å². The summed E-state index contributed by atoms with van der Waals surface area (Å²) in [5.41, 5.74) is 7.98. The molecule has 0 radical (unpaired) electrons. The Kier molecular flexibility index (Phi) is 5.52. The lowest BCUT2D eigenvalue weighted by Gasteiger charge is -2.20. The van der Waals surface area contributed by atoms with Gasteiger partial charge >= 0.3 is 0 Å². The molecule has 0 saturated carbocycles. The molecule has 1 unspecified atom stereocenters. The number of rotatable bonds is 5. The van der Waals surface area contributed by atoms with Crippen LogP contribution in [0.25, 0.3) is 11.3 Å². The SMILES string of the molecule is CCOC(c1nc(N)c(I)c(-c2ccccc2)n1)C(C)C. The van der Waals surface area contributed by atoms with Gasteiger partial charge in [-0.05, 0) is 35.4 Å². The molecule has 112 valence electrons.